The molecule has 2 fully saturated rings. The lowest BCUT2D eigenvalue weighted by Gasteiger charge is -2.28. The van der Waals surface area contributed by atoms with Gasteiger partial charge < -0.3 is 9.42 Å². The number of nitrogens with zero attached hydrogens (tertiary/aromatic N) is 3. The van der Waals surface area contributed by atoms with E-state index < -0.39 is 0 Å². The molecule has 1 saturated carbocycles. The average molecular weight is 263 g/mol. The van der Waals surface area contributed by atoms with Gasteiger partial charge in [-0.2, -0.15) is 4.98 Å². The summed E-state index contributed by atoms with van der Waals surface area (Å²) in [5.41, 5.74) is 0.172. The summed E-state index contributed by atoms with van der Waals surface area (Å²) < 4.78 is 4.85. The maximum atomic E-state index is 12.7. The minimum atomic E-state index is 0.00477. The molecule has 3 rings (SSSR count). The molecule has 5 heteroatoms. The van der Waals surface area contributed by atoms with Crippen LogP contribution < -0.4 is 0 Å². The Bertz CT molecular complexity index is 455. The zero-order valence-electron chi connectivity index (χ0n) is 11.6. The molecule has 0 bridgehead atoms. The van der Waals surface area contributed by atoms with Crippen molar-refractivity contribution in [3.63, 3.8) is 0 Å². The van der Waals surface area contributed by atoms with Gasteiger partial charge >= 0.3 is 0 Å². The van der Waals surface area contributed by atoms with Gasteiger partial charge in [0.25, 0.3) is 0 Å². The molecule has 1 amide bonds. The second kappa shape index (κ2) is 4.62. The summed E-state index contributed by atoms with van der Waals surface area (Å²) >= 11 is 0. The number of hydrogen-bond acceptors (Lipinski definition) is 4. The standard InChI is InChI=1S/C14H21N3O2/c1-14(2)8-10(14)13(18)17-7-5-3-4-6-11(17)12-15-9-19-16-12/h9-11H,3-8H2,1-2H3/t10-,11?/m1/s1. The third kappa shape index (κ3) is 2.38. The highest BCUT2D eigenvalue weighted by atomic mass is 16.5. The first-order valence-corrected chi connectivity index (χ1v) is 7.16. The number of carbonyl (C=O) groups excluding carboxylic acids is 1. The van der Waals surface area contributed by atoms with Crippen molar-refractivity contribution in [3.8, 4) is 0 Å². The summed E-state index contributed by atoms with van der Waals surface area (Å²) in [4.78, 5) is 18.8. The maximum absolute atomic E-state index is 12.7. The number of amides is 1. The highest BCUT2D eigenvalue weighted by Gasteiger charge is 2.53. The molecule has 104 valence electrons. The van der Waals surface area contributed by atoms with Crippen LogP contribution in [-0.4, -0.2) is 27.5 Å². The lowest BCUT2D eigenvalue weighted by molar-refractivity contribution is -0.136. The van der Waals surface area contributed by atoms with Crippen LogP contribution in [0.2, 0.25) is 0 Å². The molecule has 2 aliphatic rings. The van der Waals surface area contributed by atoms with E-state index in [1.54, 1.807) is 0 Å². The van der Waals surface area contributed by atoms with Gasteiger partial charge in [-0.3, -0.25) is 4.79 Å². The van der Waals surface area contributed by atoms with Crippen LogP contribution in [0.15, 0.2) is 10.9 Å². The first kappa shape index (κ1) is 12.6. The van der Waals surface area contributed by atoms with Crippen LogP contribution in [0.3, 0.4) is 0 Å². The van der Waals surface area contributed by atoms with Gasteiger partial charge in [0.2, 0.25) is 12.3 Å². The minimum Gasteiger partial charge on any atom is -0.343 e. The van der Waals surface area contributed by atoms with Gasteiger partial charge in [0.15, 0.2) is 5.82 Å². The van der Waals surface area contributed by atoms with Crippen molar-refractivity contribution in [1.82, 2.24) is 15.0 Å². The molecule has 1 saturated heterocycles. The van der Waals surface area contributed by atoms with Crippen LogP contribution in [0.5, 0.6) is 0 Å². The average Bonchev–Trinajstić information content (AvgIpc) is 2.80. The predicted molar refractivity (Wildman–Crippen MR) is 69.1 cm³/mol. The van der Waals surface area contributed by atoms with Gasteiger partial charge in [0.05, 0.1) is 6.04 Å². The van der Waals surface area contributed by atoms with Gasteiger partial charge in [-0.1, -0.05) is 31.8 Å². The zero-order chi connectivity index (χ0) is 13.5. The third-order valence-electron chi connectivity index (χ3n) is 4.52. The Balaban J connectivity index is 1.81. The molecule has 2 heterocycles. The summed E-state index contributed by atoms with van der Waals surface area (Å²) in [6, 6.07) is 0.00477. The summed E-state index contributed by atoms with van der Waals surface area (Å²) in [5, 5.41) is 3.95. The Hall–Kier alpha value is -1.39. The fourth-order valence-electron chi connectivity index (χ4n) is 3.06. The van der Waals surface area contributed by atoms with Crippen LogP contribution in [0.1, 0.15) is 57.8 Å². The number of rotatable bonds is 2. The molecule has 0 spiro atoms. The van der Waals surface area contributed by atoms with Gasteiger partial charge in [-0.25, -0.2) is 0 Å². The monoisotopic (exact) mass is 263 g/mol. The molecule has 2 atom stereocenters. The van der Waals surface area contributed by atoms with Gasteiger partial charge in [-0.05, 0) is 24.7 Å². The summed E-state index contributed by atoms with van der Waals surface area (Å²) in [5.74, 6) is 1.12. The Morgan fingerprint density at radius 3 is 2.84 bits per heavy atom. The molecule has 5 nitrogen and oxygen atoms in total. The quantitative estimate of drug-likeness (QED) is 0.822. The van der Waals surface area contributed by atoms with Crippen molar-refractivity contribution >= 4 is 5.91 Å². The SMILES string of the molecule is CC1(C)C[C@@H]1C(=O)N1CCCCCC1c1ncon1. The number of likely N-dealkylation sites (tertiary alicyclic amines) is 1. The highest BCUT2D eigenvalue weighted by Crippen LogP contribution is 2.53. The Labute approximate surface area is 113 Å². The van der Waals surface area contributed by atoms with Crippen molar-refractivity contribution in [2.75, 3.05) is 6.54 Å². The molecular weight excluding hydrogens is 242 g/mol. The molecule has 1 unspecified atom stereocenters. The van der Waals surface area contributed by atoms with Crippen LogP contribution in [0.4, 0.5) is 0 Å². The molecule has 0 N–H and O–H groups in total. The number of aromatic nitrogens is 2. The van der Waals surface area contributed by atoms with E-state index >= 15 is 0 Å². The fraction of sp³-hybridized carbons (Fsp3) is 0.786. The predicted octanol–water partition coefficient (Wildman–Crippen LogP) is 2.56. The van der Waals surface area contributed by atoms with E-state index in [9.17, 15) is 4.79 Å². The van der Waals surface area contributed by atoms with Gasteiger partial charge in [0.1, 0.15) is 0 Å². The summed E-state index contributed by atoms with van der Waals surface area (Å²) in [6.07, 6.45) is 6.67. The van der Waals surface area contributed by atoms with E-state index in [4.69, 9.17) is 4.52 Å². The normalized spacial score (nSPS) is 29.9. The highest BCUT2D eigenvalue weighted by molar-refractivity contribution is 5.82. The largest absolute Gasteiger partial charge is 0.343 e. The van der Waals surface area contributed by atoms with Crippen molar-refractivity contribution < 1.29 is 9.32 Å². The van der Waals surface area contributed by atoms with Crippen molar-refractivity contribution in [1.29, 1.82) is 0 Å². The van der Waals surface area contributed by atoms with Crippen LogP contribution in [0, 0.1) is 11.3 Å². The van der Waals surface area contributed by atoms with Crippen LogP contribution in [0.25, 0.3) is 0 Å². The molecule has 19 heavy (non-hydrogen) atoms. The topological polar surface area (TPSA) is 59.2 Å². The molecule has 0 aromatic carbocycles. The smallest absolute Gasteiger partial charge is 0.226 e. The van der Waals surface area contributed by atoms with Crippen molar-refractivity contribution in [2.24, 2.45) is 11.3 Å². The molecular formula is C14H21N3O2. The van der Waals surface area contributed by atoms with Crippen molar-refractivity contribution in [2.45, 2.75) is 52.0 Å². The number of hydrogen-bond donors (Lipinski definition) is 0. The van der Waals surface area contributed by atoms with E-state index in [0.717, 1.165) is 32.2 Å². The molecule has 1 aliphatic carbocycles. The lowest BCUT2D eigenvalue weighted by Crippen LogP contribution is -2.37. The Morgan fingerprint density at radius 1 is 1.42 bits per heavy atom. The minimum absolute atomic E-state index is 0.00477. The van der Waals surface area contributed by atoms with Gasteiger partial charge in [-0.15, -0.1) is 0 Å². The first-order valence-electron chi connectivity index (χ1n) is 7.16. The molecule has 1 aromatic heterocycles. The Morgan fingerprint density at radius 2 is 2.21 bits per heavy atom. The van der Waals surface area contributed by atoms with Crippen molar-refractivity contribution in [3.05, 3.63) is 12.2 Å². The Kier molecular flexibility index (Phi) is 3.07. The number of carbonyl (C=O) groups is 1. The van der Waals surface area contributed by atoms with E-state index in [1.807, 2.05) is 4.90 Å². The second-order valence-electron chi connectivity index (χ2n) is 6.43. The lowest BCUT2D eigenvalue weighted by atomic mass is 10.1. The zero-order valence-corrected chi connectivity index (χ0v) is 11.6. The maximum Gasteiger partial charge on any atom is 0.226 e. The molecule has 1 aliphatic heterocycles. The second-order valence-corrected chi connectivity index (χ2v) is 6.43. The third-order valence-corrected chi connectivity index (χ3v) is 4.52. The fourth-order valence-corrected chi connectivity index (χ4v) is 3.06. The summed E-state index contributed by atoms with van der Waals surface area (Å²) in [7, 11) is 0. The summed E-state index contributed by atoms with van der Waals surface area (Å²) in [6.45, 7) is 5.15. The first-order chi connectivity index (χ1) is 9.09. The van der Waals surface area contributed by atoms with Gasteiger partial charge in [0, 0.05) is 12.5 Å². The van der Waals surface area contributed by atoms with Crippen LogP contribution in [-0.2, 0) is 4.79 Å². The van der Waals surface area contributed by atoms with E-state index in [0.29, 0.717) is 5.82 Å². The van der Waals surface area contributed by atoms with E-state index in [1.165, 1.54) is 12.8 Å². The molecule has 0 radical (unpaired) electrons. The van der Waals surface area contributed by atoms with E-state index in [-0.39, 0.29) is 23.3 Å². The van der Waals surface area contributed by atoms with Crippen LogP contribution >= 0.6 is 0 Å². The van der Waals surface area contributed by atoms with E-state index in [2.05, 4.69) is 24.0 Å². The molecule has 1 aromatic rings.